The molecule has 9 nitrogen and oxygen atoms in total. The molecule has 0 fully saturated rings. The predicted octanol–water partition coefficient (Wildman–Crippen LogP) is 14.7. The van der Waals surface area contributed by atoms with Gasteiger partial charge >= 0.3 is 11.9 Å². The van der Waals surface area contributed by atoms with Gasteiger partial charge in [-0.05, 0) is 83.5 Å². The Labute approximate surface area is 393 Å². The minimum Gasteiger partial charge on any atom is -0.756 e. The zero-order valence-corrected chi connectivity index (χ0v) is 42.6. The van der Waals surface area contributed by atoms with Crippen LogP contribution < -0.4 is 4.89 Å². The number of quaternary nitrogens is 1. The molecule has 0 rings (SSSR count). The number of phosphoric acid groups is 1. The Balaban J connectivity index is 4.38. The molecule has 0 N–H and O–H groups in total. The van der Waals surface area contributed by atoms with Crippen LogP contribution in [0.5, 0.6) is 0 Å². The third kappa shape index (κ3) is 48.9. The SMILES string of the molecule is CCCCC/C=C/C/C=C/CCCCCCCCCCCC(=O)OC[C@H](COP(=O)([O-])OCC[N+](C)(C)C)OC(=O)CCC/C=C/C/C=C/C/C=C/C/C=C/CCCCCCCCC. The number of allylic oxidation sites excluding steroid dienone is 12. The van der Waals surface area contributed by atoms with Crippen molar-refractivity contribution >= 4 is 19.8 Å². The zero-order chi connectivity index (χ0) is 47.1. The highest BCUT2D eigenvalue weighted by Gasteiger charge is 2.21. The van der Waals surface area contributed by atoms with Gasteiger partial charge in [0, 0.05) is 12.8 Å². The van der Waals surface area contributed by atoms with E-state index in [-0.39, 0.29) is 26.1 Å². The molecule has 0 heterocycles. The van der Waals surface area contributed by atoms with Crippen molar-refractivity contribution < 1.29 is 42.1 Å². The first-order chi connectivity index (χ1) is 31.0. The number of carbonyl (C=O) groups is 2. The van der Waals surface area contributed by atoms with Crippen LogP contribution in [0.15, 0.2) is 72.9 Å². The molecule has 64 heavy (non-hydrogen) atoms. The van der Waals surface area contributed by atoms with E-state index in [2.05, 4.69) is 80.7 Å². The average molecular weight is 918 g/mol. The van der Waals surface area contributed by atoms with E-state index in [1.165, 1.54) is 109 Å². The summed E-state index contributed by atoms with van der Waals surface area (Å²) in [7, 11) is 1.12. The summed E-state index contributed by atoms with van der Waals surface area (Å²) < 4.78 is 34.0. The monoisotopic (exact) mass is 918 g/mol. The Morgan fingerprint density at radius 2 is 0.859 bits per heavy atom. The van der Waals surface area contributed by atoms with Crippen LogP contribution in [0.1, 0.15) is 206 Å². The third-order valence-electron chi connectivity index (χ3n) is 10.7. The first-order valence-electron chi connectivity index (χ1n) is 25.6. The first-order valence-corrected chi connectivity index (χ1v) is 27.1. The van der Waals surface area contributed by atoms with E-state index >= 15 is 0 Å². The summed E-state index contributed by atoms with van der Waals surface area (Å²) in [6.07, 6.45) is 58.0. The van der Waals surface area contributed by atoms with Gasteiger partial charge in [0.2, 0.25) is 0 Å². The van der Waals surface area contributed by atoms with E-state index in [0.29, 0.717) is 30.3 Å². The van der Waals surface area contributed by atoms with Crippen molar-refractivity contribution in [3.8, 4) is 0 Å². The second kappa shape index (κ2) is 45.6. The second-order valence-corrected chi connectivity index (χ2v) is 19.6. The Hall–Kier alpha value is -2.55. The summed E-state index contributed by atoms with van der Waals surface area (Å²) in [6.45, 7) is 4.14. The van der Waals surface area contributed by atoms with Gasteiger partial charge < -0.3 is 27.9 Å². The number of nitrogens with zero attached hydrogens (tertiary/aromatic N) is 1. The Morgan fingerprint density at radius 3 is 1.33 bits per heavy atom. The van der Waals surface area contributed by atoms with Gasteiger partial charge in [-0.15, -0.1) is 0 Å². The lowest BCUT2D eigenvalue weighted by molar-refractivity contribution is -0.870. The zero-order valence-electron chi connectivity index (χ0n) is 41.7. The van der Waals surface area contributed by atoms with Crippen LogP contribution in [0.4, 0.5) is 0 Å². The van der Waals surface area contributed by atoms with Crippen LogP contribution in [0.3, 0.4) is 0 Å². The molecule has 0 amide bonds. The summed E-state index contributed by atoms with van der Waals surface area (Å²) in [5.41, 5.74) is 0. The average Bonchev–Trinajstić information content (AvgIpc) is 3.25. The highest BCUT2D eigenvalue weighted by atomic mass is 31.2. The van der Waals surface area contributed by atoms with Gasteiger partial charge in [0.05, 0.1) is 27.7 Å². The number of esters is 2. The molecule has 2 atom stereocenters. The van der Waals surface area contributed by atoms with Gasteiger partial charge in [-0.2, -0.15) is 0 Å². The summed E-state index contributed by atoms with van der Waals surface area (Å²) in [4.78, 5) is 37.7. The molecule has 1 unspecified atom stereocenters. The molecule has 0 saturated heterocycles. The van der Waals surface area contributed by atoms with Crippen molar-refractivity contribution in [2.75, 3.05) is 47.5 Å². The van der Waals surface area contributed by atoms with Crippen LogP contribution in [0.2, 0.25) is 0 Å². The molecule has 0 aromatic rings. The molecule has 10 heteroatoms. The molecular formula is C54H96NO8P. The lowest BCUT2D eigenvalue weighted by Crippen LogP contribution is -2.37. The predicted molar refractivity (Wildman–Crippen MR) is 268 cm³/mol. The van der Waals surface area contributed by atoms with Gasteiger partial charge in [-0.3, -0.25) is 14.2 Å². The number of likely N-dealkylation sites (N-methyl/N-ethyl adjacent to an activating group) is 1. The van der Waals surface area contributed by atoms with E-state index in [1.54, 1.807) is 0 Å². The molecule has 0 saturated carbocycles. The van der Waals surface area contributed by atoms with Gasteiger partial charge in [0.1, 0.15) is 19.8 Å². The van der Waals surface area contributed by atoms with Crippen LogP contribution in [0.25, 0.3) is 0 Å². The number of hydrogen-bond acceptors (Lipinski definition) is 8. The van der Waals surface area contributed by atoms with Gasteiger partial charge in [0.25, 0.3) is 7.82 Å². The fraction of sp³-hybridized carbons (Fsp3) is 0.741. The largest absolute Gasteiger partial charge is 0.756 e. The number of carbonyl (C=O) groups excluding carboxylic acids is 2. The van der Waals surface area contributed by atoms with Crippen molar-refractivity contribution in [1.82, 2.24) is 0 Å². The Kier molecular flexibility index (Phi) is 43.8. The fourth-order valence-electron chi connectivity index (χ4n) is 6.68. The van der Waals surface area contributed by atoms with E-state index in [0.717, 1.165) is 51.4 Å². The number of unbranched alkanes of at least 4 members (excludes halogenated alkanes) is 20. The minimum atomic E-state index is -4.65. The quantitative estimate of drug-likeness (QED) is 0.0195. The van der Waals surface area contributed by atoms with E-state index in [4.69, 9.17) is 18.5 Å². The lowest BCUT2D eigenvalue weighted by Gasteiger charge is -2.28. The number of ether oxygens (including phenoxy) is 2. The molecule has 0 aliphatic rings. The van der Waals surface area contributed by atoms with Crippen LogP contribution in [-0.4, -0.2) is 70.0 Å². The van der Waals surface area contributed by atoms with Gasteiger partial charge in [-0.1, -0.05) is 183 Å². The fourth-order valence-corrected chi connectivity index (χ4v) is 7.41. The van der Waals surface area contributed by atoms with Gasteiger partial charge in [-0.25, -0.2) is 0 Å². The summed E-state index contributed by atoms with van der Waals surface area (Å²) >= 11 is 0. The van der Waals surface area contributed by atoms with Crippen LogP contribution in [0, 0.1) is 0 Å². The number of phosphoric ester groups is 1. The van der Waals surface area contributed by atoms with E-state index in [9.17, 15) is 19.0 Å². The molecule has 0 aliphatic carbocycles. The molecule has 0 aliphatic heterocycles. The maximum absolute atomic E-state index is 12.7. The van der Waals surface area contributed by atoms with Crippen molar-refractivity contribution in [3.63, 3.8) is 0 Å². The topological polar surface area (TPSA) is 111 Å². The second-order valence-electron chi connectivity index (χ2n) is 18.2. The van der Waals surface area contributed by atoms with Crippen molar-refractivity contribution in [1.29, 1.82) is 0 Å². The molecule has 370 valence electrons. The minimum absolute atomic E-state index is 0.0447. The standard InChI is InChI=1S/C54H96NO8P/c1-6-8-10-12-14-16-18-20-22-24-26-27-29-31-33-35-37-39-41-43-45-47-54(57)63-52(51-62-64(58,59)61-49-48-55(3,4)5)50-60-53(56)46-44-42-40-38-36-34-32-30-28-25-23-21-19-17-15-13-11-9-7-2/h15,17,21-24,27,29,33,35,39,41,52H,6-14,16,18-20,25-26,28,30-32,34,36-38,40,42-51H2,1-5H3/b17-15+,23-21+,24-22+,29-27+,35-33+,41-39+/t52-/m1/s1. The summed E-state index contributed by atoms with van der Waals surface area (Å²) in [5, 5.41) is 0. The summed E-state index contributed by atoms with van der Waals surface area (Å²) in [5.74, 6) is -0.906. The highest BCUT2D eigenvalue weighted by molar-refractivity contribution is 7.45. The van der Waals surface area contributed by atoms with Crippen molar-refractivity contribution in [2.24, 2.45) is 0 Å². The molecule has 0 spiro atoms. The maximum Gasteiger partial charge on any atom is 0.306 e. The molecule has 0 aromatic carbocycles. The Morgan fingerprint density at radius 1 is 0.484 bits per heavy atom. The highest BCUT2D eigenvalue weighted by Crippen LogP contribution is 2.38. The Bertz CT molecular complexity index is 1310. The van der Waals surface area contributed by atoms with Crippen LogP contribution in [-0.2, 0) is 32.7 Å². The van der Waals surface area contributed by atoms with Crippen LogP contribution >= 0.6 is 7.82 Å². The van der Waals surface area contributed by atoms with E-state index < -0.39 is 32.5 Å². The normalized spacial score (nSPS) is 14.0. The smallest absolute Gasteiger partial charge is 0.306 e. The van der Waals surface area contributed by atoms with Gasteiger partial charge in [0.15, 0.2) is 6.10 Å². The lowest BCUT2D eigenvalue weighted by atomic mass is 10.1. The maximum atomic E-state index is 12.7. The summed E-state index contributed by atoms with van der Waals surface area (Å²) in [6, 6.07) is 0. The number of hydrogen-bond donors (Lipinski definition) is 0. The molecular weight excluding hydrogens is 822 g/mol. The van der Waals surface area contributed by atoms with E-state index in [1.807, 2.05) is 27.2 Å². The first kappa shape index (κ1) is 61.5. The van der Waals surface area contributed by atoms with Crippen molar-refractivity contribution in [3.05, 3.63) is 72.9 Å². The van der Waals surface area contributed by atoms with Crippen molar-refractivity contribution in [2.45, 2.75) is 213 Å². The number of rotatable bonds is 46. The third-order valence-corrected chi connectivity index (χ3v) is 11.7. The molecule has 0 bridgehead atoms. The molecule has 0 aromatic heterocycles. The molecule has 0 radical (unpaired) electrons.